The maximum absolute atomic E-state index is 12.0. The number of hydrogen-bond donors (Lipinski definition) is 2. The number of likely N-dealkylation sites (tertiary alicyclic amines) is 1. The largest absolute Gasteiger partial charge is 0.353 e. The monoisotopic (exact) mass is 269 g/mol. The van der Waals surface area contributed by atoms with Gasteiger partial charge in [0.05, 0.1) is 6.54 Å². The lowest BCUT2D eigenvalue weighted by atomic mass is 10.0. The van der Waals surface area contributed by atoms with Crippen LogP contribution in [0.4, 0.5) is 0 Å². The normalized spacial score (nSPS) is 22.5. The highest BCUT2D eigenvalue weighted by atomic mass is 16.2. The summed E-state index contributed by atoms with van der Waals surface area (Å²) in [7, 11) is 2.00. The van der Waals surface area contributed by atoms with Gasteiger partial charge in [-0.1, -0.05) is 13.8 Å². The molecule has 112 valence electrons. The Balaban J connectivity index is 2.22. The van der Waals surface area contributed by atoms with Crippen LogP contribution < -0.4 is 10.6 Å². The first-order valence-electron chi connectivity index (χ1n) is 7.70. The summed E-state index contributed by atoms with van der Waals surface area (Å²) in [4.78, 5) is 14.2. The molecule has 2 unspecified atom stereocenters. The molecule has 2 atom stereocenters. The Morgan fingerprint density at radius 2 is 2.05 bits per heavy atom. The molecule has 1 aliphatic heterocycles. The molecule has 0 spiro atoms. The van der Waals surface area contributed by atoms with Crippen molar-refractivity contribution in [3.8, 4) is 0 Å². The summed E-state index contributed by atoms with van der Waals surface area (Å²) in [5, 5.41) is 6.42. The first-order chi connectivity index (χ1) is 9.01. The van der Waals surface area contributed by atoms with Crippen LogP contribution in [0.2, 0.25) is 0 Å². The lowest BCUT2D eigenvalue weighted by Gasteiger charge is -2.32. The third-order valence-corrected chi connectivity index (χ3v) is 3.87. The first kappa shape index (κ1) is 16.4. The van der Waals surface area contributed by atoms with E-state index in [-0.39, 0.29) is 5.91 Å². The number of carbonyl (C=O) groups is 1. The number of rotatable bonds is 7. The van der Waals surface area contributed by atoms with Crippen LogP contribution in [-0.4, -0.2) is 49.6 Å². The summed E-state index contributed by atoms with van der Waals surface area (Å²) >= 11 is 0. The van der Waals surface area contributed by atoms with Gasteiger partial charge in [-0.25, -0.2) is 0 Å². The van der Waals surface area contributed by atoms with Crippen LogP contribution in [0.5, 0.6) is 0 Å². The fourth-order valence-corrected chi connectivity index (χ4v) is 2.61. The maximum atomic E-state index is 12.0. The molecule has 19 heavy (non-hydrogen) atoms. The summed E-state index contributed by atoms with van der Waals surface area (Å²) in [6.45, 7) is 9.13. The number of nitrogens with one attached hydrogen (secondary N) is 2. The van der Waals surface area contributed by atoms with E-state index in [1.165, 1.54) is 19.3 Å². The van der Waals surface area contributed by atoms with E-state index in [2.05, 4.69) is 36.3 Å². The second-order valence-electron chi connectivity index (χ2n) is 6.30. The molecule has 1 amide bonds. The Labute approximate surface area is 118 Å². The smallest absolute Gasteiger partial charge is 0.234 e. The molecule has 0 aromatic heterocycles. The van der Waals surface area contributed by atoms with Crippen molar-refractivity contribution < 1.29 is 4.79 Å². The zero-order valence-electron chi connectivity index (χ0n) is 13.0. The van der Waals surface area contributed by atoms with Crippen molar-refractivity contribution >= 4 is 5.91 Å². The van der Waals surface area contributed by atoms with Crippen molar-refractivity contribution in [3.05, 3.63) is 0 Å². The average Bonchev–Trinajstić information content (AvgIpc) is 2.36. The van der Waals surface area contributed by atoms with Crippen molar-refractivity contribution in [1.29, 1.82) is 0 Å². The van der Waals surface area contributed by atoms with E-state index in [1.807, 2.05) is 7.05 Å². The molecular weight excluding hydrogens is 238 g/mol. The molecule has 0 aromatic carbocycles. The summed E-state index contributed by atoms with van der Waals surface area (Å²) in [5.74, 6) is 0.880. The van der Waals surface area contributed by atoms with Crippen molar-refractivity contribution in [2.24, 2.45) is 5.92 Å². The standard InChI is InChI=1S/C15H31N3O/c1-12(2)7-8-13(3)17-15(19)11-18-9-5-6-14(10-18)16-4/h12-14,16H,5-11H2,1-4H3,(H,17,19). The number of nitrogens with zero attached hydrogens (tertiary/aromatic N) is 1. The highest BCUT2D eigenvalue weighted by Gasteiger charge is 2.20. The Morgan fingerprint density at radius 1 is 1.32 bits per heavy atom. The number of carbonyl (C=O) groups excluding carboxylic acids is 1. The highest BCUT2D eigenvalue weighted by Crippen LogP contribution is 2.09. The fraction of sp³-hybridized carbons (Fsp3) is 0.933. The van der Waals surface area contributed by atoms with Crippen LogP contribution in [0.1, 0.15) is 46.5 Å². The molecule has 1 saturated heterocycles. The third kappa shape index (κ3) is 6.92. The van der Waals surface area contributed by atoms with Gasteiger partial charge in [-0.3, -0.25) is 9.69 Å². The van der Waals surface area contributed by atoms with Gasteiger partial charge in [0.2, 0.25) is 5.91 Å². The number of hydrogen-bond acceptors (Lipinski definition) is 3. The Kier molecular flexibility index (Phi) is 7.39. The van der Waals surface area contributed by atoms with Gasteiger partial charge in [0.15, 0.2) is 0 Å². The maximum Gasteiger partial charge on any atom is 0.234 e. The third-order valence-electron chi connectivity index (χ3n) is 3.87. The molecule has 1 rings (SSSR count). The summed E-state index contributed by atoms with van der Waals surface area (Å²) in [6.07, 6.45) is 4.65. The number of piperidine rings is 1. The second-order valence-corrected chi connectivity index (χ2v) is 6.30. The van der Waals surface area contributed by atoms with Crippen LogP contribution in [0.25, 0.3) is 0 Å². The van der Waals surface area contributed by atoms with Crippen LogP contribution >= 0.6 is 0 Å². The molecule has 0 saturated carbocycles. The molecule has 1 aliphatic rings. The Bertz CT molecular complexity index is 268. The van der Waals surface area contributed by atoms with Gasteiger partial charge in [0, 0.05) is 18.6 Å². The molecule has 4 heteroatoms. The van der Waals surface area contributed by atoms with E-state index in [9.17, 15) is 4.79 Å². The lowest BCUT2D eigenvalue weighted by Crippen LogP contribution is -2.48. The van der Waals surface area contributed by atoms with Gasteiger partial charge >= 0.3 is 0 Å². The van der Waals surface area contributed by atoms with E-state index in [4.69, 9.17) is 0 Å². The van der Waals surface area contributed by atoms with E-state index < -0.39 is 0 Å². The fourth-order valence-electron chi connectivity index (χ4n) is 2.61. The van der Waals surface area contributed by atoms with E-state index in [0.717, 1.165) is 19.5 Å². The summed E-state index contributed by atoms with van der Waals surface area (Å²) in [5.41, 5.74) is 0. The van der Waals surface area contributed by atoms with Crippen LogP contribution in [0.15, 0.2) is 0 Å². The molecule has 0 radical (unpaired) electrons. The molecule has 0 aromatic rings. The van der Waals surface area contributed by atoms with Gasteiger partial charge in [0.1, 0.15) is 0 Å². The predicted octanol–water partition coefficient (Wildman–Crippen LogP) is 1.61. The first-order valence-corrected chi connectivity index (χ1v) is 7.70. The minimum atomic E-state index is 0.174. The quantitative estimate of drug-likeness (QED) is 0.738. The molecule has 4 nitrogen and oxygen atoms in total. The zero-order chi connectivity index (χ0) is 14.3. The lowest BCUT2D eigenvalue weighted by molar-refractivity contribution is -0.123. The molecular formula is C15H31N3O. The zero-order valence-corrected chi connectivity index (χ0v) is 13.0. The van der Waals surface area contributed by atoms with Crippen molar-refractivity contribution in [2.75, 3.05) is 26.7 Å². The van der Waals surface area contributed by atoms with Gasteiger partial charge in [-0.05, 0) is 52.1 Å². The SMILES string of the molecule is CNC1CCCN(CC(=O)NC(C)CCC(C)C)C1. The van der Waals surface area contributed by atoms with Crippen LogP contribution in [0, 0.1) is 5.92 Å². The molecule has 0 bridgehead atoms. The number of amides is 1. The van der Waals surface area contributed by atoms with Crippen molar-refractivity contribution in [3.63, 3.8) is 0 Å². The van der Waals surface area contributed by atoms with E-state index >= 15 is 0 Å². The van der Waals surface area contributed by atoms with Gasteiger partial charge in [-0.15, -0.1) is 0 Å². The molecule has 2 N–H and O–H groups in total. The van der Waals surface area contributed by atoms with Crippen LogP contribution in [0.3, 0.4) is 0 Å². The number of likely N-dealkylation sites (N-methyl/N-ethyl adjacent to an activating group) is 1. The van der Waals surface area contributed by atoms with E-state index in [0.29, 0.717) is 24.5 Å². The Hall–Kier alpha value is -0.610. The minimum absolute atomic E-state index is 0.174. The van der Waals surface area contributed by atoms with Gasteiger partial charge in [0.25, 0.3) is 0 Å². The highest BCUT2D eigenvalue weighted by molar-refractivity contribution is 5.78. The molecule has 1 fully saturated rings. The predicted molar refractivity (Wildman–Crippen MR) is 80.2 cm³/mol. The average molecular weight is 269 g/mol. The summed E-state index contributed by atoms with van der Waals surface area (Å²) < 4.78 is 0. The Morgan fingerprint density at radius 3 is 2.68 bits per heavy atom. The van der Waals surface area contributed by atoms with Gasteiger partial charge in [-0.2, -0.15) is 0 Å². The molecule has 1 heterocycles. The minimum Gasteiger partial charge on any atom is -0.353 e. The van der Waals surface area contributed by atoms with E-state index in [1.54, 1.807) is 0 Å². The van der Waals surface area contributed by atoms with Crippen molar-refractivity contribution in [2.45, 2.75) is 58.5 Å². The van der Waals surface area contributed by atoms with Gasteiger partial charge < -0.3 is 10.6 Å². The topological polar surface area (TPSA) is 44.4 Å². The summed E-state index contributed by atoms with van der Waals surface area (Å²) in [6, 6.07) is 0.833. The molecule has 0 aliphatic carbocycles. The second kappa shape index (κ2) is 8.54. The van der Waals surface area contributed by atoms with Crippen molar-refractivity contribution in [1.82, 2.24) is 15.5 Å². The van der Waals surface area contributed by atoms with Crippen LogP contribution in [-0.2, 0) is 4.79 Å².